The molecule has 1 fully saturated rings. The lowest BCUT2D eigenvalue weighted by atomic mass is 9.82. The molecule has 2 atom stereocenters. The van der Waals surface area contributed by atoms with Crippen molar-refractivity contribution in [3.63, 3.8) is 0 Å². The van der Waals surface area contributed by atoms with Crippen LogP contribution in [0, 0.1) is 11.8 Å². The fraction of sp³-hybridized carbons (Fsp3) is 0.684. The van der Waals surface area contributed by atoms with Crippen molar-refractivity contribution in [2.45, 2.75) is 64.5 Å². The van der Waals surface area contributed by atoms with Crippen molar-refractivity contribution in [1.29, 1.82) is 0 Å². The minimum Gasteiger partial charge on any atom is -0.493 e. The zero-order valence-corrected chi connectivity index (χ0v) is 13.5. The zero-order valence-electron chi connectivity index (χ0n) is 13.5. The monoisotopic (exact) mass is 287 g/mol. The fourth-order valence-electron chi connectivity index (χ4n) is 4.03. The van der Waals surface area contributed by atoms with Crippen LogP contribution >= 0.6 is 0 Å². The van der Waals surface area contributed by atoms with Crippen molar-refractivity contribution >= 4 is 0 Å². The second-order valence-electron chi connectivity index (χ2n) is 6.98. The van der Waals surface area contributed by atoms with E-state index in [0.717, 1.165) is 18.3 Å². The summed E-state index contributed by atoms with van der Waals surface area (Å²) < 4.78 is 5.86. The van der Waals surface area contributed by atoms with Gasteiger partial charge in [0, 0.05) is 23.6 Å². The van der Waals surface area contributed by atoms with Gasteiger partial charge in [-0.15, -0.1) is 0 Å². The smallest absolute Gasteiger partial charge is 0.124 e. The molecule has 1 aromatic rings. The number of hydrogen-bond donors (Lipinski definition) is 1. The number of nitrogens with one attached hydrogen (secondary N) is 1. The molecule has 0 saturated heterocycles. The minimum atomic E-state index is 0.461. The summed E-state index contributed by atoms with van der Waals surface area (Å²) in [5, 5.41) is 3.95. The average Bonchev–Trinajstić information content (AvgIpc) is 2.52. The van der Waals surface area contributed by atoms with E-state index < -0.39 is 0 Å². The zero-order chi connectivity index (χ0) is 14.7. The molecule has 0 radical (unpaired) electrons. The molecule has 116 valence electrons. The molecule has 1 saturated carbocycles. The maximum absolute atomic E-state index is 5.86. The van der Waals surface area contributed by atoms with Gasteiger partial charge in [0.2, 0.25) is 0 Å². The standard InChI is InChI=1S/C19H29NO/c1-3-6-15-9-11-16(12-10-15)20-19-14(2)13-21-18-8-5-4-7-17(18)19/h4-5,7-8,14-16,19-20H,3,6,9-13H2,1-2H3. The molecule has 1 aliphatic heterocycles. The van der Waals surface area contributed by atoms with Crippen molar-refractivity contribution in [2.75, 3.05) is 6.61 Å². The highest BCUT2D eigenvalue weighted by Crippen LogP contribution is 2.37. The number of para-hydroxylation sites is 1. The van der Waals surface area contributed by atoms with E-state index in [9.17, 15) is 0 Å². The molecular weight excluding hydrogens is 258 g/mol. The minimum absolute atomic E-state index is 0.461. The third-order valence-corrected chi connectivity index (χ3v) is 5.28. The van der Waals surface area contributed by atoms with E-state index in [1.807, 2.05) is 0 Å². The third-order valence-electron chi connectivity index (χ3n) is 5.28. The Morgan fingerprint density at radius 2 is 1.90 bits per heavy atom. The summed E-state index contributed by atoms with van der Waals surface area (Å²) in [5.41, 5.74) is 1.35. The fourth-order valence-corrected chi connectivity index (χ4v) is 4.03. The molecular formula is C19H29NO. The van der Waals surface area contributed by atoms with Crippen LogP contribution in [0.25, 0.3) is 0 Å². The van der Waals surface area contributed by atoms with E-state index in [-0.39, 0.29) is 0 Å². The van der Waals surface area contributed by atoms with Crippen molar-refractivity contribution in [3.05, 3.63) is 29.8 Å². The topological polar surface area (TPSA) is 21.3 Å². The Hall–Kier alpha value is -1.02. The van der Waals surface area contributed by atoms with E-state index in [0.29, 0.717) is 18.0 Å². The third kappa shape index (κ3) is 3.42. The van der Waals surface area contributed by atoms with Gasteiger partial charge >= 0.3 is 0 Å². The molecule has 2 heteroatoms. The van der Waals surface area contributed by atoms with Gasteiger partial charge in [-0.1, -0.05) is 44.9 Å². The van der Waals surface area contributed by atoms with Crippen LogP contribution in [-0.4, -0.2) is 12.6 Å². The number of fused-ring (bicyclic) bond motifs is 1. The molecule has 0 spiro atoms. The first-order valence-electron chi connectivity index (χ1n) is 8.75. The Morgan fingerprint density at radius 1 is 1.14 bits per heavy atom. The molecule has 2 aliphatic rings. The van der Waals surface area contributed by atoms with E-state index in [4.69, 9.17) is 4.74 Å². The number of rotatable bonds is 4. The maximum Gasteiger partial charge on any atom is 0.124 e. The summed E-state index contributed by atoms with van der Waals surface area (Å²) in [5.74, 6) is 2.61. The van der Waals surface area contributed by atoms with Gasteiger partial charge in [-0.2, -0.15) is 0 Å². The molecule has 21 heavy (non-hydrogen) atoms. The molecule has 0 bridgehead atoms. The van der Waals surface area contributed by atoms with Gasteiger partial charge in [-0.25, -0.2) is 0 Å². The molecule has 0 aromatic heterocycles. The Kier molecular flexibility index (Phi) is 4.84. The van der Waals surface area contributed by atoms with Gasteiger partial charge in [0.25, 0.3) is 0 Å². The Balaban J connectivity index is 1.63. The predicted molar refractivity (Wildman–Crippen MR) is 87.6 cm³/mol. The Morgan fingerprint density at radius 3 is 2.67 bits per heavy atom. The van der Waals surface area contributed by atoms with E-state index in [2.05, 4.69) is 43.4 Å². The average molecular weight is 287 g/mol. The van der Waals surface area contributed by atoms with Crippen molar-refractivity contribution in [3.8, 4) is 5.75 Å². The van der Waals surface area contributed by atoms with Crippen LogP contribution in [0.5, 0.6) is 5.75 Å². The van der Waals surface area contributed by atoms with Gasteiger partial charge in [0.15, 0.2) is 0 Å². The van der Waals surface area contributed by atoms with Crippen LogP contribution in [0.3, 0.4) is 0 Å². The largest absolute Gasteiger partial charge is 0.493 e. The van der Waals surface area contributed by atoms with Crippen LogP contribution < -0.4 is 10.1 Å². The van der Waals surface area contributed by atoms with Gasteiger partial charge < -0.3 is 10.1 Å². The van der Waals surface area contributed by atoms with Crippen molar-refractivity contribution in [2.24, 2.45) is 11.8 Å². The molecule has 1 aromatic carbocycles. The quantitative estimate of drug-likeness (QED) is 0.866. The molecule has 3 rings (SSSR count). The molecule has 1 N–H and O–H groups in total. The molecule has 2 nitrogen and oxygen atoms in total. The van der Waals surface area contributed by atoms with E-state index in [1.165, 1.54) is 44.1 Å². The second kappa shape index (κ2) is 6.83. The Bertz CT molecular complexity index is 451. The molecule has 0 amide bonds. The van der Waals surface area contributed by atoms with Crippen LogP contribution in [0.1, 0.15) is 64.0 Å². The highest BCUT2D eigenvalue weighted by Gasteiger charge is 2.30. The summed E-state index contributed by atoms with van der Waals surface area (Å²) in [6.07, 6.45) is 8.26. The summed E-state index contributed by atoms with van der Waals surface area (Å²) in [7, 11) is 0. The number of benzene rings is 1. The van der Waals surface area contributed by atoms with Gasteiger partial charge in [-0.3, -0.25) is 0 Å². The summed E-state index contributed by atoms with van der Waals surface area (Å²) >= 11 is 0. The molecule has 2 unspecified atom stereocenters. The number of ether oxygens (including phenoxy) is 1. The Labute approximate surface area is 129 Å². The van der Waals surface area contributed by atoms with Crippen molar-refractivity contribution < 1.29 is 4.74 Å². The highest BCUT2D eigenvalue weighted by molar-refractivity contribution is 5.38. The second-order valence-corrected chi connectivity index (χ2v) is 6.98. The summed E-state index contributed by atoms with van der Waals surface area (Å²) in [6.45, 7) is 5.45. The number of hydrogen-bond acceptors (Lipinski definition) is 2. The first-order valence-corrected chi connectivity index (χ1v) is 8.75. The van der Waals surface area contributed by atoms with Crippen LogP contribution in [0.15, 0.2) is 24.3 Å². The first kappa shape index (κ1) is 14.9. The van der Waals surface area contributed by atoms with Crippen LogP contribution in [-0.2, 0) is 0 Å². The van der Waals surface area contributed by atoms with E-state index >= 15 is 0 Å². The van der Waals surface area contributed by atoms with Gasteiger partial charge in [-0.05, 0) is 37.7 Å². The van der Waals surface area contributed by atoms with Crippen LogP contribution in [0.2, 0.25) is 0 Å². The van der Waals surface area contributed by atoms with Crippen LogP contribution in [0.4, 0.5) is 0 Å². The summed E-state index contributed by atoms with van der Waals surface area (Å²) in [6, 6.07) is 9.69. The molecule has 1 aliphatic carbocycles. The summed E-state index contributed by atoms with van der Waals surface area (Å²) in [4.78, 5) is 0. The van der Waals surface area contributed by atoms with Crippen molar-refractivity contribution in [1.82, 2.24) is 5.32 Å². The first-order chi connectivity index (χ1) is 10.3. The lowest BCUT2D eigenvalue weighted by Crippen LogP contribution is -2.41. The molecule has 1 heterocycles. The lowest BCUT2D eigenvalue weighted by Gasteiger charge is -2.37. The SMILES string of the molecule is CCCC1CCC(NC2c3ccccc3OCC2C)CC1. The predicted octanol–water partition coefficient (Wildman–Crippen LogP) is 4.70. The lowest BCUT2D eigenvalue weighted by molar-refractivity contribution is 0.166. The normalized spacial score (nSPS) is 32.3. The maximum atomic E-state index is 5.86. The van der Waals surface area contributed by atoms with E-state index in [1.54, 1.807) is 0 Å². The van der Waals surface area contributed by atoms with Gasteiger partial charge in [0.1, 0.15) is 5.75 Å². The highest BCUT2D eigenvalue weighted by atomic mass is 16.5. The van der Waals surface area contributed by atoms with Gasteiger partial charge in [0.05, 0.1) is 6.61 Å².